The van der Waals surface area contributed by atoms with Gasteiger partial charge in [0, 0.05) is 23.0 Å². The van der Waals surface area contributed by atoms with E-state index in [1.807, 2.05) is 24.3 Å². The molecule has 0 heterocycles. The van der Waals surface area contributed by atoms with Crippen molar-refractivity contribution in [2.24, 2.45) is 0 Å². The van der Waals surface area contributed by atoms with E-state index in [1.54, 1.807) is 24.3 Å². The number of nitrogens with one attached hydrogen (secondary N) is 1. The van der Waals surface area contributed by atoms with Crippen LogP contribution in [-0.4, -0.2) is 30.3 Å². The van der Waals surface area contributed by atoms with Crippen LogP contribution < -0.4 is 5.32 Å². The number of carbonyl (C=O) groups is 2. The Morgan fingerprint density at radius 2 is 1.62 bits per heavy atom. The van der Waals surface area contributed by atoms with Crippen LogP contribution in [0.5, 0.6) is 0 Å². The molecule has 4 rings (SSSR count). The van der Waals surface area contributed by atoms with E-state index < -0.39 is 12.1 Å². The Hall–Kier alpha value is -3.57. The highest BCUT2D eigenvalue weighted by molar-refractivity contribution is 6.32. The van der Waals surface area contributed by atoms with Crippen LogP contribution in [0.25, 0.3) is 17.2 Å². The van der Waals surface area contributed by atoms with Crippen LogP contribution in [0.1, 0.15) is 39.4 Å². The first kappa shape index (κ1) is 21.7. The summed E-state index contributed by atoms with van der Waals surface area (Å²) >= 11 is 6.11. The zero-order chi connectivity index (χ0) is 22.5. The van der Waals surface area contributed by atoms with Gasteiger partial charge in [0.05, 0.1) is 5.56 Å². The summed E-state index contributed by atoms with van der Waals surface area (Å²) in [4.78, 5) is 23.5. The summed E-state index contributed by atoms with van der Waals surface area (Å²) in [6, 6.07) is 21.1. The average molecular weight is 448 g/mol. The Morgan fingerprint density at radius 1 is 0.969 bits per heavy atom. The number of aromatic carboxylic acids is 1. The molecule has 0 radical (unpaired) electrons. The molecule has 1 aliphatic carbocycles. The summed E-state index contributed by atoms with van der Waals surface area (Å²) in [5.41, 5.74) is 5.28. The Bertz CT molecular complexity index is 1140. The van der Waals surface area contributed by atoms with Gasteiger partial charge in [0.1, 0.15) is 6.61 Å². The first-order valence-electron chi connectivity index (χ1n) is 10.3. The van der Waals surface area contributed by atoms with Crippen molar-refractivity contribution in [1.29, 1.82) is 0 Å². The molecule has 0 bridgehead atoms. The molecule has 0 fully saturated rings. The van der Waals surface area contributed by atoms with Gasteiger partial charge in [-0.3, -0.25) is 0 Å². The Kier molecular flexibility index (Phi) is 6.57. The standard InChI is InChI=1S/C26H22ClNO4/c27-24-14-7-13-22(25(29)30)21(24)12-5-6-15-28-26(31)32-16-23-19-10-3-1-8-17(19)18-9-2-4-11-20(18)23/h1-5,7-14,23H,6,15-16H2,(H,28,31)(H,29,30). The van der Waals surface area contributed by atoms with Gasteiger partial charge in [0.15, 0.2) is 0 Å². The number of carboxylic acids is 1. The molecular weight excluding hydrogens is 426 g/mol. The molecule has 0 atom stereocenters. The van der Waals surface area contributed by atoms with Crippen LogP contribution in [0.3, 0.4) is 0 Å². The zero-order valence-electron chi connectivity index (χ0n) is 17.3. The van der Waals surface area contributed by atoms with Gasteiger partial charge in [0.25, 0.3) is 0 Å². The van der Waals surface area contributed by atoms with Crippen LogP contribution in [0.4, 0.5) is 4.79 Å². The fraction of sp³-hybridized carbons (Fsp3) is 0.154. The Balaban J connectivity index is 1.30. The van der Waals surface area contributed by atoms with E-state index in [-0.39, 0.29) is 18.1 Å². The van der Waals surface area contributed by atoms with E-state index in [4.69, 9.17) is 16.3 Å². The molecule has 0 aliphatic heterocycles. The zero-order valence-corrected chi connectivity index (χ0v) is 18.0. The number of ether oxygens (including phenoxy) is 1. The maximum absolute atomic E-state index is 12.2. The minimum atomic E-state index is -1.04. The lowest BCUT2D eigenvalue weighted by Gasteiger charge is -2.14. The van der Waals surface area contributed by atoms with Crippen molar-refractivity contribution in [2.75, 3.05) is 13.2 Å². The number of fused-ring (bicyclic) bond motifs is 3. The quantitative estimate of drug-likeness (QED) is 0.437. The average Bonchev–Trinajstić information content (AvgIpc) is 3.12. The summed E-state index contributed by atoms with van der Waals surface area (Å²) in [6.45, 7) is 0.622. The van der Waals surface area contributed by atoms with Gasteiger partial charge in [-0.2, -0.15) is 0 Å². The van der Waals surface area contributed by atoms with Crippen molar-refractivity contribution >= 4 is 29.7 Å². The smallest absolute Gasteiger partial charge is 0.407 e. The number of hydrogen-bond acceptors (Lipinski definition) is 3. The molecule has 0 unspecified atom stereocenters. The number of carbonyl (C=O) groups excluding carboxylic acids is 1. The first-order valence-corrected chi connectivity index (χ1v) is 10.7. The monoisotopic (exact) mass is 447 g/mol. The van der Waals surface area contributed by atoms with Crippen LogP contribution in [0.15, 0.2) is 72.8 Å². The van der Waals surface area contributed by atoms with Crippen molar-refractivity contribution in [3.8, 4) is 11.1 Å². The SMILES string of the molecule is O=C(NCCC=Cc1c(Cl)cccc1C(=O)O)OCC1c2ccccc2-c2ccccc21. The van der Waals surface area contributed by atoms with Gasteiger partial charge in [0.2, 0.25) is 0 Å². The van der Waals surface area contributed by atoms with Crippen LogP contribution in [0, 0.1) is 0 Å². The van der Waals surface area contributed by atoms with Crippen LogP contribution in [0.2, 0.25) is 5.02 Å². The molecule has 6 heteroatoms. The number of alkyl carbamates (subject to hydrolysis) is 1. The first-order chi connectivity index (χ1) is 15.6. The third kappa shape index (κ3) is 4.53. The molecule has 32 heavy (non-hydrogen) atoms. The van der Waals surface area contributed by atoms with E-state index in [0.29, 0.717) is 23.6 Å². The Labute approximate surface area is 191 Å². The van der Waals surface area contributed by atoms with Crippen molar-refractivity contribution in [3.63, 3.8) is 0 Å². The normalized spacial score (nSPS) is 12.4. The molecular formula is C26H22ClNO4. The molecule has 162 valence electrons. The van der Waals surface area contributed by atoms with Gasteiger partial charge in [-0.25, -0.2) is 9.59 Å². The second-order valence-corrected chi connectivity index (χ2v) is 7.86. The van der Waals surface area contributed by atoms with Crippen molar-refractivity contribution in [1.82, 2.24) is 5.32 Å². The van der Waals surface area contributed by atoms with E-state index in [1.165, 1.54) is 28.3 Å². The van der Waals surface area contributed by atoms with Crippen molar-refractivity contribution in [2.45, 2.75) is 12.3 Å². The van der Waals surface area contributed by atoms with Gasteiger partial charge >= 0.3 is 12.1 Å². The van der Waals surface area contributed by atoms with E-state index in [0.717, 1.165) is 0 Å². The third-order valence-electron chi connectivity index (χ3n) is 5.49. The van der Waals surface area contributed by atoms with Gasteiger partial charge in [-0.05, 0) is 40.8 Å². The van der Waals surface area contributed by atoms with E-state index in [2.05, 4.69) is 29.6 Å². The molecule has 5 nitrogen and oxygen atoms in total. The summed E-state index contributed by atoms with van der Waals surface area (Å²) in [6.07, 6.45) is 3.46. The molecule has 0 aromatic heterocycles. The lowest BCUT2D eigenvalue weighted by atomic mass is 9.98. The second-order valence-electron chi connectivity index (χ2n) is 7.45. The molecule has 2 N–H and O–H groups in total. The summed E-state index contributed by atoms with van der Waals surface area (Å²) in [7, 11) is 0. The number of carboxylic acid groups (broad SMARTS) is 1. The lowest BCUT2D eigenvalue weighted by Crippen LogP contribution is -2.26. The second kappa shape index (κ2) is 9.71. The summed E-state index contributed by atoms with van der Waals surface area (Å²) in [5.74, 6) is -1.02. The highest BCUT2D eigenvalue weighted by atomic mass is 35.5. The van der Waals surface area contributed by atoms with Crippen molar-refractivity contribution < 1.29 is 19.4 Å². The minimum Gasteiger partial charge on any atom is -0.478 e. The number of rotatable bonds is 7. The van der Waals surface area contributed by atoms with Crippen molar-refractivity contribution in [3.05, 3.63) is 100 Å². The van der Waals surface area contributed by atoms with Gasteiger partial charge < -0.3 is 15.2 Å². The molecule has 3 aromatic carbocycles. The fourth-order valence-electron chi connectivity index (χ4n) is 4.00. The van der Waals surface area contributed by atoms with Gasteiger partial charge in [-0.15, -0.1) is 0 Å². The number of amides is 1. The maximum atomic E-state index is 12.2. The van der Waals surface area contributed by atoms with Crippen LogP contribution in [-0.2, 0) is 4.74 Å². The predicted octanol–water partition coefficient (Wildman–Crippen LogP) is 5.98. The minimum absolute atomic E-state index is 0.0164. The molecule has 0 spiro atoms. The van der Waals surface area contributed by atoms with Gasteiger partial charge in [-0.1, -0.05) is 78.4 Å². The highest BCUT2D eigenvalue weighted by Crippen LogP contribution is 2.44. The third-order valence-corrected chi connectivity index (χ3v) is 5.82. The number of benzene rings is 3. The highest BCUT2D eigenvalue weighted by Gasteiger charge is 2.28. The molecule has 1 amide bonds. The van der Waals surface area contributed by atoms with E-state index in [9.17, 15) is 14.7 Å². The molecule has 0 saturated heterocycles. The molecule has 1 aliphatic rings. The number of halogens is 1. The Morgan fingerprint density at radius 3 is 2.28 bits per heavy atom. The van der Waals surface area contributed by atoms with Crippen LogP contribution >= 0.6 is 11.6 Å². The summed E-state index contributed by atoms with van der Waals surface area (Å²) < 4.78 is 5.50. The van der Waals surface area contributed by atoms with E-state index >= 15 is 0 Å². The molecule has 0 saturated carbocycles. The lowest BCUT2D eigenvalue weighted by molar-refractivity contribution is 0.0696. The summed E-state index contributed by atoms with van der Waals surface area (Å²) in [5, 5.41) is 12.4. The fourth-order valence-corrected chi connectivity index (χ4v) is 4.24. The maximum Gasteiger partial charge on any atom is 0.407 e. The topological polar surface area (TPSA) is 75.6 Å². The molecule has 3 aromatic rings. The predicted molar refractivity (Wildman–Crippen MR) is 125 cm³/mol. The largest absolute Gasteiger partial charge is 0.478 e. The number of hydrogen-bond donors (Lipinski definition) is 2.